The number of carbonyl (C=O) groups excluding carboxylic acids is 2. The Bertz CT molecular complexity index is 1170. The van der Waals surface area contributed by atoms with Crippen molar-refractivity contribution in [1.82, 2.24) is 9.55 Å². The van der Waals surface area contributed by atoms with E-state index in [1.807, 2.05) is 0 Å². The zero-order valence-corrected chi connectivity index (χ0v) is 17.3. The number of Topliss-reactive ketones (excluding diaryl/α,β-unsaturated/α-hetero) is 1. The molecule has 1 aromatic heterocycles. The van der Waals surface area contributed by atoms with E-state index in [-0.39, 0.29) is 23.5 Å². The molecule has 0 saturated carbocycles. The van der Waals surface area contributed by atoms with Gasteiger partial charge in [-0.05, 0) is 36.8 Å². The monoisotopic (exact) mass is 443 g/mol. The molecule has 2 aromatic carbocycles. The molecule has 0 radical (unpaired) electrons. The van der Waals surface area contributed by atoms with E-state index >= 15 is 0 Å². The van der Waals surface area contributed by atoms with Gasteiger partial charge in [0.25, 0.3) is 0 Å². The maximum Gasteiger partial charge on any atom is 0.416 e. The highest BCUT2D eigenvalue weighted by atomic mass is 19.4. The third kappa shape index (κ3) is 3.74. The number of hydrogen-bond acceptors (Lipinski definition) is 5. The zero-order valence-electron chi connectivity index (χ0n) is 17.3. The Morgan fingerprint density at radius 1 is 1.19 bits per heavy atom. The molecule has 3 aromatic rings. The predicted octanol–water partition coefficient (Wildman–Crippen LogP) is 4.75. The van der Waals surface area contributed by atoms with Crippen LogP contribution in [-0.2, 0) is 18.0 Å². The number of imidazole rings is 1. The van der Waals surface area contributed by atoms with Crippen LogP contribution in [0.1, 0.15) is 56.6 Å². The topological polar surface area (TPSA) is 73.2 Å². The number of anilines is 1. The fraction of sp³-hybridized carbons (Fsp3) is 0.261. The molecule has 166 valence electrons. The summed E-state index contributed by atoms with van der Waals surface area (Å²) in [7, 11) is 1.73. The largest absolute Gasteiger partial charge is 0.462 e. The van der Waals surface area contributed by atoms with Crippen molar-refractivity contribution in [1.29, 1.82) is 0 Å². The predicted molar refractivity (Wildman–Crippen MR) is 110 cm³/mol. The van der Waals surface area contributed by atoms with Crippen molar-refractivity contribution in [3.8, 4) is 0 Å². The molecule has 0 amide bonds. The summed E-state index contributed by atoms with van der Waals surface area (Å²) >= 11 is 0. The molecule has 0 bridgehead atoms. The summed E-state index contributed by atoms with van der Waals surface area (Å²) in [5.74, 6) is -1.42. The highest BCUT2D eigenvalue weighted by Crippen LogP contribution is 2.43. The van der Waals surface area contributed by atoms with Gasteiger partial charge in [0.1, 0.15) is 11.7 Å². The molecule has 2 heterocycles. The first-order valence-electron chi connectivity index (χ1n) is 9.97. The second-order valence-corrected chi connectivity index (χ2v) is 7.43. The van der Waals surface area contributed by atoms with E-state index in [2.05, 4.69) is 10.3 Å². The Hall–Kier alpha value is -3.62. The van der Waals surface area contributed by atoms with Crippen molar-refractivity contribution in [3.05, 3.63) is 82.9 Å². The summed E-state index contributed by atoms with van der Waals surface area (Å²) in [6.45, 7) is 1.83. The lowest BCUT2D eigenvalue weighted by Gasteiger charge is -2.34. The lowest BCUT2D eigenvalue weighted by molar-refractivity contribution is -0.137. The van der Waals surface area contributed by atoms with Crippen LogP contribution in [0.3, 0.4) is 0 Å². The van der Waals surface area contributed by atoms with E-state index in [1.165, 1.54) is 18.2 Å². The first kappa shape index (κ1) is 21.6. The lowest BCUT2D eigenvalue weighted by atomic mass is 9.80. The van der Waals surface area contributed by atoms with Crippen LogP contribution in [-0.4, -0.2) is 27.9 Å². The van der Waals surface area contributed by atoms with Gasteiger partial charge in [0.2, 0.25) is 0 Å². The number of nitrogens with one attached hydrogen (secondary N) is 1. The third-order valence-corrected chi connectivity index (χ3v) is 5.47. The van der Waals surface area contributed by atoms with E-state index in [9.17, 15) is 22.8 Å². The molecule has 9 heteroatoms. The standard InChI is InChI=1S/C23H20F3N3O3/c1-3-32-22(31)15-5-4-6-16-17(15)20(30)18(21-27-11-12-29(21)2)19(28-16)13-7-9-14(10-8-13)23(24,25)26/h4-12,18-19,28H,3H2,1-2H3/t18-,19+/m1/s1. The molecule has 4 rings (SSSR count). The van der Waals surface area contributed by atoms with Crippen LogP contribution in [0.15, 0.2) is 54.9 Å². The number of halogens is 3. The number of fused-ring (bicyclic) bond motifs is 1. The van der Waals surface area contributed by atoms with Gasteiger partial charge in [-0.15, -0.1) is 0 Å². The molecule has 0 aliphatic carbocycles. The van der Waals surface area contributed by atoms with Crippen molar-refractivity contribution in [2.24, 2.45) is 7.05 Å². The van der Waals surface area contributed by atoms with Crippen LogP contribution in [0.5, 0.6) is 0 Å². The molecular formula is C23H20F3N3O3. The van der Waals surface area contributed by atoms with Gasteiger partial charge in [0, 0.05) is 25.1 Å². The number of alkyl halides is 3. The highest BCUT2D eigenvalue weighted by Gasteiger charge is 2.42. The number of esters is 1. The quantitative estimate of drug-likeness (QED) is 0.590. The Kier molecular flexibility index (Phi) is 5.50. The smallest absolute Gasteiger partial charge is 0.416 e. The fourth-order valence-corrected chi connectivity index (χ4v) is 3.97. The highest BCUT2D eigenvalue weighted by molar-refractivity contribution is 6.14. The molecule has 0 spiro atoms. The summed E-state index contributed by atoms with van der Waals surface area (Å²) in [6, 6.07) is 8.79. The summed E-state index contributed by atoms with van der Waals surface area (Å²) in [5, 5.41) is 3.24. The van der Waals surface area contributed by atoms with Gasteiger partial charge in [0.15, 0.2) is 5.78 Å². The molecule has 0 saturated heterocycles. The van der Waals surface area contributed by atoms with Gasteiger partial charge in [-0.25, -0.2) is 9.78 Å². The molecular weight excluding hydrogens is 423 g/mol. The number of nitrogens with zero attached hydrogens (tertiary/aromatic N) is 2. The summed E-state index contributed by atoms with van der Waals surface area (Å²) < 4.78 is 45.9. The van der Waals surface area contributed by atoms with Gasteiger partial charge in [-0.1, -0.05) is 18.2 Å². The molecule has 0 fully saturated rings. The summed E-state index contributed by atoms with van der Waals surface area (Å²) in [6.07, 6.45) is -1.24. The first-order chi connectivity index (χ1) is 15.2. The van der Waals surface area contributed by atoms with Crippen LogP contribution >= 0.6 is 0 Å². The second-order valence-electron chi connectivity index (χ2n) is 7.43. The Morgan fingerprint density at radius 3 is 2.50 bits per heavy atom. The lowest BCUT2D eigenvalue weighted by Crippen LogP contribution is -2.34. The average Bonchev–Trinajstić information content (AvgIpc) is 3.18. The van der Waals surface area contributed by atoms with Gasteiger partial charge in [0.05, 0.1) is 29.3 Å². The molecule has 0 unspecified atom stereocenters. The van der Waals surface area contributed by atoms with Gasteiger partial charge in [-0.3, -0.25) is 4.79 Å². The molecule has 6 nitrogen and oxygen atoms in total. The Morgan fingerprint density at radius 2 is 1.91 bits per heavy atom. The second kappa shape index (κ2) is 8.14. The van der Waals surface area contributed by atoms with Crippen molar-refractivity contribution in [3.63, 3.8) is 0 Å². The molecule has 1 aliphatic rings. The number of aryl methyl sites for hydroxylation is 1. The minimum absolute atomic E-state index is 0.131. The maximum absolute atomic E-state index is 13.7. The number of ether oxygens (including phenoxy) is 1. The average molecular weight is 443 g/mol. The van der Waals surface area contributed by atoms with E-state index < -0.39 is 29.7 Å². The SMILES string of the molecule is CCOC(=O)c1cccc2c1C(=O)[C@H](c1nccn1C)[C@H](c1ccc(C(F)(F)F)cc1)N2. The number of ketones is 1. The van der Waals surface area contributed by atoms with Gasteiger partial charge >= 0.3 is 12.1 Å². The molecule has 2 atom stereocenters. The van der Waals surface area contributed by atoms with E-state index in [0.717, 1.165) is 12.1 Å². The number of rotatable bonds is 4. The van der Waals surface area contributed by atoms with Crippen molar-refractivity contribution in [2.45, 2.75) is 25.1 Å². The fourth-order valence-electron chi connectivity index (χ4n) is 3.97. The van der Waals surface area contributed by atoms with E-state index in [0.29, 0.717) is 17.1 Å². The Labute approximate surface area is 182 Å². The maximum atomic E-state index is 13.7. The minimum Gasteiger partial charge on any atom is -0.462 e. The van der Waals surface area contributed by atoms with Crippen LogP contribution in [0, 0.1) is 0 Å². The number of hydrogen-bond donors (Lipinski definition) is 1. The van der Waals surface area contributed by atoms with Crippen molar-refractivity contribution < 1.29 is 27.5 Å². The third-order valence-electron chi connectivity index (χ3n) is 5.47. The van der Waals surface area contributed by atoms with E-state index in [1.54, 1.807) is 43.1 Å². The zero-order chi connectivity index (χ0) is 23.0. The van der Waals surface area contributed by atoms with Crippen LogP contribution in [0.2, 0.25) is 0 Å². The normalized spacial score (nSPS) is 18.1. The van der Waals surface area contributed by atoms with E-state index in [4.69, 9.17) is 4.74 Å². The van der Waals surface area contributed by atoms with Crippen molar-refractivity contribution >= 4 is 17.4 Å². The van der Waals surface area contributed by atoms with Gasteiger partial charge < -0.3 is 14.6 Å². The number of aromatic nitrogens is 2. The number of carbonyl (C=O) groups is 2. The molecule has 1 aliphatic heterocycles. The molecule has 1 N–H and O–H groups in total. The number of benzene rings is 2. The van der Waals surface area contributed by atoms with Crippen LogP contribution in [0.25, 0.3) is 0 Å². The first-order valence-corrected chi connectivity index (χ1v) is 9.97. The van der Waals surface area contributed by atoms with Crippen LogP contribution < -0.4 is 5.32 Å². The van der Waals surface area contributed by atoms with Crippen LogP contribution in [0.4, 0.5) is 18.9 Å². The Balaban J connectivity index is 1.85. The summed E-state index contributed by atoms with van der Waals surface area (Å²) in [5.41, 5.74) is 0.443. The van der Waals surface area contributed by atoms with Gasteiger partial charge in [-0.2, -0.15) is 13.2 Å². The molecule has 32 heavy (non-hydrogen) atoms. The van der Waals surface area contributed by atoms with Crippen molar-refractivity contribution in [2.75, 3.05) is 11.9 Å². The minimum atomic E-state index is -4.46. The summed E-state index contributed by atoms with van der Waals surface area (Å²) in [4.78, 5) is 30.5.